The van der Waals surface area contributed by atoms with Crippen molar-refractivity contribution < 1.29 is 8.42 Å². The van der Waals surface area contributed by atoms with Crippen LogP contribution in [0.15, 0.2) is 28.7 Å². The number of hydrogen-bond donors (Lipinski definition) is 0. The molecule has 0 aliphatic carbocycles. The predicted molar refractivity (Wildman–Crippen MR) is 52.4 cm³/mol. The van der Waals surface area contributed by atoms with Crippen LogP contribution in [0.5, 0.6) is 0 Å². The molecule has 0 spiro atoms. The van der Waals surface area contributed by atoms with E-state index in [-0.39, 0.29) is 0 Å². The summed E-state index contributed by atoms with van der Waals surface area (Å²) in [5.41, 5.74) is 0.681. The van der Waals surface area contributed by atoms with Crippen molar-refractivity contribution in [2.75, 3.05) is 6.26 Å². The molecule has 65 valence electrons. The van der Waals surface area contributed by atoms with Crippen LogP contribution in [0.3, 0.4) is 0 Å². The minimum absolute atomic E-state index is 0.681. The van der Waals surface area contributed by atoms with Crippen LogP contribution >= 0.6 is 15.9 Å². The van der Waals surface area contributed by atoms with Gasteiger partial charge in [0.1, 0.15) is 5.75 Å². The van der Waals surface area contributed by atoms with E-state index in [1.165, 1.54) is 12.0 Å². The first-order chi connectivity index (χ1) is 5.49. The molecule has 0 bridgehead atoms. The summed E-state index contributed by atoms with van der Waals surface area (Å²) >= 11 is 3.25. The van der Waals surface area contributed by atoms with Gasteiger partial charge in [-0.05, 0) is 11.6 Å². The fourth-order valence-electron chi connectivity index (χ4n) is 0.801. The number of halogens is 1. The standard InChI is InChI=1S/C8H8BrO2S/c1-12(10,11)6-7-4-2-3-5-8(7)9/h2-6H,1H3. The van der Waals surface area contributed by atoms with E-state index in [2.05, 4.69) is 15.9 Å². The van der Waals surface area contributed by atoms with Gasteiger partial charge in [-0.3, -0.25) is 0 Å². The molecule has 1 rings (SSSR count). The highest BCUT2D eigenvalue weighted by Gasteiger charge is 2.07. The summed E-state index contributed by atoms with van der Waals surface area (Å²) in [7, 11) is -3.05. The van der Waals surface area contributed by atoms with E-state index < -0.39 is 9.84 Å². The highest BCUT2D eigenvalue weighted by atomic mass is 79.9. The van der Waals surface area contributed by atoms with E-state index >= 15 is 0 Å². The summed E-state index contributed by atoms with van der Waals surface area (Å²) < 4.78 is 22.5. The lowest BCUT2D eigenvalue weighted by Crippen LogP contribution is -1.97. The van der Waals surface area contributed by atoms with Crippen LogP contribution in [-0.2, 0) is 9.84 Å². The van der Waals surface area contributed by atoms with Crippen molar-refractivity contribution in [3.63, 3.8) is 0 Å². The lowest BCUT2D eigenvalue weighted by Gasteiger charge is -2.00. The maximum atomic E-state index is 10.9. The lowest BCUT2D eigenvalue weighted by molar-refractivity contribution is 0.608. The zero-order valence-electron chi connectivity index (χ0n) is 6.49. The zero-order chi connectivity index (χ0) is 9.19. The van der Waals surface area contributed by atoms with Gasteiger partial charge >= 0.3 is 0 Å². The van der Waals surface area contributed by atoms with Gasteiger partial charge in [0.2, 0.25) is 0 Å². The van der Waals surface area contributed by atoms with E-state index in [9.17, 15) is 8.42 Å². The Morgan fingerprint density at radius 2 is 1.92 bits per heavy atom. The van der Waals surface area contributed by atoms with Crippen molar-refractivity contribution in [2.45, 2.75) is 0 Å². The summed E-state index contributed by atoms with van der Waals surface area (Å²) in [4.78, 5) is 0. The molecule has 0 saturated carbocycles. The first-order valence-corrected chi connectivity index (χ1v) is 6.03. The van der Waals surface area contributed by atoms with Crippen LogP contribution in [0.1, 0.15) is 5.56 Å². The van der Waals surface area contributed by atoms with Crippen molar-refractivity contribution in [1.82, 2.24) is 0 Å². The number of rotatable bonds is 2. The minimum atomic E-state index is -3.05. The quantitative estimate of drug-likeness (QED) is 0.802. The van der Waals surface area contributed by atoms with Gasteiger partial charge in [-0.1, -0.05) is 34.1 Å². The first-order valence-electron chi connectivity index (χ1n) is 3.28. The van der Waals surface area contributed by atoms with E-state index in [4.69, 9.17) is 0 Å². The molecule has 0 aliphatic heterocycles. The topological polar surface area (TPSA) is 34.1 Å². The van der Waals surface area contributed by atoms with Gasteiger partial charge in [-0.25, -0.2) is 8.42 Å². The molecule has 4 heteroatoms. The fourth-order valence-corrected chi connectivity index (χ4v) is 2.02. The zero-order valence-corrected chi connectivity index (χ0v) is 8.89. The van der Waals surface area contributed by atoms with Crippen LogP contribution in [0, 0.1) is 5.75 Å². The Kier molecular flexibility index (Phi) is 2.90. The number of sulfone groups is 1. The van der Waals surface area contributed by atoms with Gasteiger partial charge in [-0.2, -0.15) is 0 Å². The third kappa shape index (κ3) is 2.95. The smallest absolute Gasteiger partial charge is 0.156 e. The Morgan fingerprint density at radius 3 is 2.42 bits per heavy atom. The van der Waals surface area contributed by atoms with Crippen molar-refractivity contribution in [2.24, 2.45) is 0 Å². The van der Waals surface area contributed by atoms with Gasteiger partial charge in [0, 0.05) is 10.7 Å². The molecular weight excluding hydrogens is 240 g/mol. The van der Waals surface area contributed by atoms with Crippen LogP contribution < -0.4 is 0 Å². The van der Waals surface area contributed by atoms with Crippen LogP contribution in [-0.4, -0.2) is 14.7 Å². The van der Waals surface area contributed by atoms with Crippen molar-refractivity contribution in [3.05, 3.63) is 40.1 Å². The van der Waals surface area contributed by atoms with E-state index in [0.29, 0.717) is 5.56 Å². The van der Waals surface area contributed by atoms with Crippen molar-refractivity contribution >= 4 is 25.8 Å². The van der Waals surface area contributed by atoms with Crippen molar-refractivity contribution in [3.8, 4) is 0 Å². The summed E-state index contributed by atoms with van der Waals surface area (Å²) in [5, 5.41) is 0. The molecule has 0 unspecified atom stereocenters. The summed E-state index contributed by atoms with van der Waals surface area (Å²) in [6, 6.07) is 7.17. The van der Waals surface area contributed by atoms with E-state index in [1.807, 2.05) is 6.07 Å². The second-order valence-electron chi connectivity index (χ2n) is 2.47. The molecule has 0 aliphatic rings. The predicted octanol–water partition coefficient (Wildman–Crippen LogP) is 2.00. The molecule has 0 fully saturated rings. The third-order valence-electron chi connectivity index (χ3n) is 1.25. The second-order valence-corrected chi connectivity index (χ2v) is 5.22. The average molecular weight is 248 g/mol. The van der Waals surface area contributed by atoms with Crippen LogP contribution in [0.2, 0.25) is 0 Å². The Morgan fingerprint density at radius 1 is 1.33 bits per heavy atom. The molecule has 0 N–H and O–H groups in total. The molecule has 12 heavy (non-hydrogen) atoms. The Labute approximate surface area is 80.7 Å². The molecule has 2 nitrogen and oxygen atoms in total. The molecule has 1 radical (unpaired) electrons. The third-order valence-corrected chi connectivity index (χ3v) is 2.65. The maximum Gasteiger partial charge on any atom is 0.156 e. The molecule has 0 atom stereocenters. The monoisotopic (exact) mass is 247 g/mol. The van der Waals surface area contributed by atoms with Gasteiger partial charge < -0.3 is 0 Å². The largest absolute Gasteiger partial charge is 0.228 e. The molecule has 1 aromatic carbocycles. The van der Waals surface area contributed by atoms with Gasteiger partial charge in [0.15, 0.2) is 9.84 Å². The van der Waals surface area contributed by atoms with Crippen LogP contribution in [0.25, 0.3) is 0 Å². The minimum Gasteiger partial charge on any atom is -0.228 e. The Hall–Kier alpha value is -0.350. The number of benzene rings is 1. The molecule has 0 aromatic heterocycles. The van der Waals surface area contributed by atoms with Gasteiger partial charge in [0.25, 0.3) is 0 Å². The molecule has 0 amide bonds. The van der Waals surface area contributed by atoms with E-state index in [0.717, 1.165) is 4.47 Å². The SMILES string of the molecule is CS(=O)(=O)[CH]c1ccccc1Br. The Bertz CT molecular complexity index is 370. The summed E-state index contributed by atoms with van der Waals surface area (Å²) in [5.74, 6) is 1.23. The Balaban J connectivity index is 2.98. The first kappa shape index (κ1) is 9.74. The fraction of sp³-hybridized carbons (Fsp3) is 0.125. The normalized spacial score (nSPS) is 11.5. The lowest BCUT2D eigenvalue weighted by atomic mass is 10.2. The van der Waals surface area contributed by atoms with Crippen molar-refractivity contribution in [1.29, 1.82) is 0 Å². The second kappa shape index (κ2) is 3.58. The number of hydrogen-bond acceptors (Lipinski definition) is 2. The highest BCUT2D eigenvalue weighted by Crippen LogP contribution is 2.19. The molecular formula is C8H8BrO2S. The van der Waals surface area contributed by atoms with E-state index in [1.54, 1.807) is 18.2 Å². The summed E-state index contributed by atoms with van der Waals surface area (Å²) in [6.45, 7) is 0. The highest BCUT2D eigenvalue weighted by molar-refractivity contribution is 9.10. The summed E-state index contributed by atoms with van der Waals surface area (Å²) in [6.07, 6.45) is 1.17. The molecule has 0 saturated heterocycles. The van der Waals surface area contributed by atoms with Crippen LogP contribution in [0.4, 0.5) is 0 Å². The van der Waals surface area contributed by atoms with Gasteiger partial charge in [-0.15, -0.1) is 0 Å². The average Bonchev–Trinajstić information content (AvgIpc) is 1.91. The molecule has 1 aromatic rings. The maximum absolute atomic E-state index is 10.9. The molecule has 0 heterocycles. The van der Waals surface area contributed by atoms with Gasteiger partial charge in [0.05, 0.1) is 0 Å².